The number of likely N-dealkylation sites (tertiary alicyclic amines) is 1. The molecule has 1 fully saturated rings. The number of nitrogens with zero attached hydrogens (tertiary/aromatic N) is 5. The van der Waals surface area contributed by atoms with E-state index in [0.29, 0.717) is 17.9 Å². The molecule has 1 aliphatic rings. The molecule has 27 heavy (non-hydrogen) atoms. The van der Waals surface area contributed by atoms with Gasteiger partial charge < -0.3 is 10.2 Å². The molecule has 1 aromatic heterocycles. The lowest BCUT2D eigenvalue weighted by Crippen LogP contribution is -2.33. The quantitative estimate of drug-likeness (QED) is 0.453. The van der Waals surface area contributed by atoms with Gasteiger partial charge in [0.25, 0.3) is 11.6 Å². The number of hydrogen-bond donors (Lipinski definition) is 1. The number of carbonyl (C=O) groups excluding carboxylic acids is 1. The second-order valence-corrected chi connectivity index (χ2v) is 6.72. The minimum absolute atomic E-state index is 0.0360. The number of hydrogen-bond acceptors (Lipinski definition) is 6. The van der Waals surface area contributed by atoms with Crippen LogP contribution >= 0.6 is 0 Å². The summed E-state index contributed by atoms with van der Waals surface area (Å²) in [6.07, 6.45) is 4.72. The molecule has 144 valence electrons. The second kappa shape index (κ2) is 8.72. The van der Waals surface area contributed by atoms with E-state index in [2.05, 4.69) is 20.5 Å². The molecule has 1 saturated heterocycles. The van der Waals surface area contributed by atoms with Crippen LogP contribution in [0.25, 0.3) is 5.69 Å². The van der Waals surface area contributed by atoms with E-state index in [0.717, 1.165) is 26.1 Å². The van der Waals surface area contributed by atoms with Gasteiger partial charge in [0, 0.05) is 18.7 Å². The molecule has 0 bridgehead atoms. The summed E-state index contributed by atoms with van der Waals surface area (Å²) in [7, 11) is 0. The highest BCUT2D eigenvalue weighted by Crippen LogP contribution is 2.18. The Kier molecular flexibility index (Phi) is 6.12. The SMILES string of the molecule is Cc1c(C(=O)NCCCN2CCCCC2)nnn1-c1cccc([N+](=O)[O-])c1. The third-order valence-corrected chi connectivity index (χ3v) is 4.78. The number of amides is 1. The topological polar surface area (TPSA) is 106 Å². The van der Waals surface area contributed by atoms with Crippen LogP contribution in [-0.2, 0) is 0 Å². The van der Waals surface area contributed by atoms with Gasteiger partial charge in [0.05, 0.1) is 16.3 Å². The third kappa shape index (κ3) is 4.68. The van der Waals surface area contributed by atoms with Crippen molar-refractivity contribution in [3.05, 3.63) is 45.8 Å². The van der Waals surface area contributed by atoms with E-state index < -0.39 is 4.92 Å². The molecule has 2 heterocycles. The van der Waals surface area contributed by atoms with Crippen LogP contribution in [0.5, 0.6) is 0 Å². The molecule has 9 nitrogen and oxygen atoms in total. The van der Waals surface area contributed by atoms with E-state index in [1.54, 1.807) is 19.1 Å². The highest BCUT2D eigenvalue weighted by molar-refractivity contribution is 5.93. The summed E-state index contributed by atoms with van der Waals surface area (Å²) in [4.78, 5) is 25.3. The monoisotopic (exact) mass is 372 g/mol. The maximum absolute atomic E-state index is 12.4. The maximum Gasteiger partial charge on any atom is 0.273 e. The Morgan fingerprint density at radius 3 is 2.81 bits per heavy atom. The van der Waals surface area contributed by atoms with Crippen molar-refractivity contribution in [2.75, 3.05) is 26.2 Å². The summed E-state index contributed by atoms with van der Waals surface area (Å²) < 4.78 is 1.44. The molecule has 3 rings (SSSR count). The van der Waals surface area contributed by atoms with Gasteiger partial charge in [-0.25, -0.2) is 4.68 Å². The van der Waals surface area contributed by atoms with Gasteiger partial charge in [-0.15, -0.1) is 5.10 Å². The van der Waals surface area contributed by atoms with Gasteiger partial charge in [-0.05, 0) is 51.9 Å². The number of piperidine rings is 1. The van der Waals surface area contributed by atoms with Crippen molar-refractivity contribution >= 4 is 11.6 Å². The standard InChI is InChI=1S/C18H24N6O3/c1-14-17(18(25)19-9-6-12-22-10-3-2-4-11-22)20-21-23(14)15-7-5-8-16(13-15)24(26)27/h5,7-8,13H,2-4,6,9-12H2,1H3,(H,19,25). The summed E-state index contributed by atoms with van der Waals surface area (Å²) in [6, 6.07) is 6.08. The predicted octanol–water partition coefficient (Wildman–Crippen LogP) is 2.09. The first kappa shape index (κ1) is 19.0. The van der Waals surface area contributed by atoms with Gasteiger partial charge >= 0.3 is 0 Å². The molecule has 1 aromatic carbocycles. The van der Waals surface area contributed by atoms with Crippen LogP contribution in [0.15, 0.2) is 24.3 Å². The van der Waals surface area contributed by atoms with Crippen molar-refractivity contribution in [2.24, 2.45) is 0 Å². The van der Waals surface area contributed by atoms with Crippen LogP contribution in [0, 0.1) is 17.0 Å². The molecule has 2 aromatic rings. The molecule has 0 atom stereocenters. The van der Waals surface area contributed by atoms with Gasteiger partial charge in [0.15, 0.2) is 5.69 Å². The first-order chi connectivity index (χ1) is 13.1. The maximum atomic E-state index is 12.4. The minimum atomic E-state index is -0.467. The Balaban J connectivity index is 1.58. The normalized spacial score (nSPS) is 14.9. The molecule has 0 saturated carbocycles. The number of non-ortho nitro benzene ring substituents is 1. The van der Waals surface area contributed by atoms with Crippen LogP contribution in [0.4, 0.5) is 5.69 Å². The lowest BCUT2D eigenvalue weighted by molar-refractivity contribution is -0.384. The summed E-state index contributed by atoms with van der Waals surface area (Å²) in [5.74, 6) is -0.275. The third-order valence-electron chi connectivity index (χ3n) is 4.78. The smallest absolute Gasteiger partial charge is 0.273 e. The Labute approximate surface area is 157 Å². The average Bonchev–Trinajstić information content (AvgIpc) is 3.07. The van der Waals surface area contributed by atoms with Gasteiger partial charge in [-0.1, -0.05) is 17.7 Å². The number of nitrogens with one attached hydrogen (secondary N) is 1. The largest absolute Gasteiger partial charge is 0.351 e. The van der Waals surface area contributed by atoms with E-state index in [-0.39, 0.29) is 17.3 Å². The summed E-state index contributed by atoms with van der Waals surface area (Å²) >= 11 is 0. The minimum Gasteiger partial charge on any atom is -0.351 e. The number of nitro groups is 1. The molecule has 1 N–H and O–H groups in total. The van der Waals surface area contributed by atoms with Crippen molar-refractivity contribution in [2.45, 2.75) is 32.6 Å². The number of aromatic nitrogens is 3. The van der Waals surface area contributed by atoms with Crippen LogP contribution in [0.2, 0.25) is 0 Å². The molecule has 9 heteroatoms. The van der Waals surface area contributed by atoms with E-state index in [4.69, 9.17) is 0 Å². The summed E-state index contributed by atoms with van der Waals surface area (Å²) in [6.45, 7) is 5.58. The van der Waals surface area contributed by atoms with Crippen molar-refractivity contribution in [1.82, 2.24) is 25.2 Å². The van der Waals surface area contributed by atoms with E-state index >= 15 is 0 Å². The van der Waals surface area contributed by atoms with Gasteiger partial charge in [-0.2, -0.15) is 0 Å². The molecule has 0 radical (unpaired) electrons. The van der Waals surface area contributed by atoms with Crippen molar-refractivity contribution in [3.63, 3.8) is 0 Å². The van der Waals surface area contributed by atoms with E-state index in [1.807, 2.05) is 0 Å². The zero-order valence-electron chi connectivity index (χ0n) is 15.4. The Bertz CT molecular complexity index is 813. The first-order valence-corrected chi connectivity index (χ1v) is 9.24. The highest BCUT2D eigenvalue weighted by atomic mass is 16.6. The van der Waals surface area contributed by atoms with E-state index in [9.17, 15) is 14.9 Å². The van der Waals surface area contributed by atoms with Gasteiger partial charge in [-0.3, -0.25) is 14.9 Å². The lowest BCUT2D eigenvalue weighted by atomic mass is 10.1. The summed E-state index contributed by atoms with van der Waals surface area (Å²) in [5.41, 5.74) is 1.24. The average molecular weight is 372 g/mol. The zero-order chi connectivity index (χ0) is 19.2. The molecular formula is C18H24N6O3. The van der Waals surface area contributed by atoms with Crippen LogP contribution in [-0.4, -0.2) is 56.9 Å². The van der Waals surface area contributed by atoms with Gasteiger partial charge in [0.2, 0.25) is 0 Å². The molecule has 0 spiro atoms. The first-order valence-electron chi connectivity index (χ1n) is 9.24. The lowest BCUT2D eigenvalue weighted by Gasteiger charge is -2.26. The summed E-state index contributed by atoms with van der Waals surface area (Å²) in [5, 5.41) is 21.8. The Morgan fingerprint density at radius 1 is 1.30 bits per heavy atom. The second-order valence-electron chi connectivity index (χ2n) is 6.72. The van der Waals surface area contributed by atoms with E-state index in [1.165, 1.54) is 36.1 Å². The van der Waals surface area contributed by atoms with Crippen LogP contribution in [0.1, 0.15) is 41.9 Å². The van der Waals surface area contributed by atoms with Crippen molar-refractivity contribution in [3.8, 4) is 5.69 Å². The number of rotatable bonds is 7. The molecule has 1 aliphatic heterocycles. The fraction of sp³-hybridized carbons (Fsp3) is 0.500. The molecule has 1 amide bonds. The predicted molar refractivity (Wildman–Crippen MR) is 100.0 cm³/mol. The zero-order valence-corrected chi connectivity index (χ0v) is 15.4. The molecular weight excluding hydrogens is 348 g/mol. The van der Waals surface area contributed by atoms with Gasteiger partial charge in [0.1, 0.15) is 0 Å². The Hall–Kier alpha value is -2.81. The fourth-order valence-electron chi connectivity index (χ4n) is 3.29. The van der Waals surface area contributed by atoms with Crippen molar-refractivity contribution < 1.29 is 9.72 Å². The van der Waals surface area contributed by atoms with Crippen molar-refractivity contribution in [1.29, 1.82) is 0 Å². The Morgan fingerprint density at radius 2 is 2.07 bits per heavy atom. The number of nitro benzene ring substituents is 1. The fourth-order valence-corrected chi connectivity index (χ4v) is 3.29. The van der Waals surface area contributed by atoms with Crippen LogP contribution in [0.3, 0.4) is 0 Å². The molecule has 0 unspecified atom stereocenters. The molecule has 0 aliphatic carbocycles. The number of carbonyl (C=O) groups is 1. The number of benzene rings is 1. The van der Waals surface area contributed by atoms with Crippen LogP contribution < -0.4 is 5.32 Å². The highest BCUT2D eigenvalue weighted by Gasteiger charge is 2.18.